The van der Waals surface area contributed by atoms with E-state index in [1.54, 1.807) is 23.7 Å². The maximum Gasteiger partial charge on any atom is 0.224 e. The number of carbonyl (C=O) groups excluding carboxylic acids is 1. The van der Waals surface area contributed by atoms with Crippen molar-refractivity contribution >= 4 is 22.4 Å². The van der Waals surface area contributed by atoms with Crippen molar-refractivity contribution in [2.24, 2.45) is 5.92 Å². The minimum Gasteiger partial charge on any atom is -0.390 e. The van der Waals surface area contributed by atoms with Crippen molar-refractivity contribution in [3.05, 3.63) is 41.2 Å². The summed E-state index contributed by atoms with van der Waals surface area (Å²) < 4.78 is 0. The van der Waals surface area contributed by atoms with Crippen molar-refractivity contribution in [1.29, 1.82) is 0 Å². The lowest BCUT2D eigenvalue weighted by Gasteiger charge is -2.42. The third kappa shape index (κ3) is 5.12. The van der Waals surface area contributed by atoms with E-state index >= 15 is 0 Å². The van der Waals surface area contributed by atoms with Crippen molar-refractivity contribution in [2.45, 2.75) is 44.9 Å². The first kappa shape index (κ1) is 20.3. The lowest BCUT2D eigenvalue weighted by molar-refractivity contribution is -0.127. The number of amides is 1. The molecule has 156 valence electrons. The molecule has 2 aliphatic rings. The number of aliphatic hydroxyl groups excluding tert-OH is 1. The second kappa shape index (κ2) is 9.65. The summed E-state index contributed by atoms with van der Waals surface area (Å²) in [6.45, 7) is 4.46. The van der Waals surface area contributed by atoms with Crippen LogP contribution in [0.3, 0.4) is 0 Å². The Balaban J connectivity index is 1.26. The third-order valence-electron chi connectivity index (χ3n) is 5.97. The zero-order valence-electron chi connectivity index (χ0n) is 16.7. The molecule has 2 aromatic heterocycles. The molecule has 4 rings (SSSR count). The topological polar surface area (TPSA) is 81.6 Å². The van der Waals surface area contributed by atoms with Gasteiger partial charge in [-0.25, -0.2) is 4.98 Å². The highest BCUT2D eigenvalue weighted by Crippen LogP contribution is 2.28. The van der Waals surface area contributed by atoms with Gasteiger partial charge in [-0.2, -0.15) is 0 Å². The van der Waals surface area contributed by atoms with Crippen LogP contribution < -0.4 is 10.2 Å². The molecule has 0 aliphatic carbocycles. The normalized spacial score (nSPS) is 21.3. The summed E-state index contributed by atoms with van der Waals surface area (Å²) in [6.07, 6.45) is 7.79. The van der Waals surface area contributed by atoms with Crippen molar-refractivity contribution in [1.82, 2.24) is 20.2 Å². The van der Waals surface area contributed by atoms with Crippen LogP contribution in [0, 0.1) is 5.92 Å². The van der Waals surface area contributed by atoms with Gasteiger partial charge >= 0.3 is 0 Å². The van der Waals surface area contributed by atoms with E-state index in [2.05, 4.69) is 25.1 Å². The van der Waals surface area contributed by atoms with Gasteiger partial charge in [0.2, 0.25) is 5.91 Å². The Kier molecular flexibility index (Phi) is 6.74. The summed E-state index contributed by atoms with van der Waals surface area (Å²) in [6, 6.07) is 4.42. The molecular formula is C21H29N5O2S. The molecule has 2 saturated heterocycles. The first-order valence-corrected chi connectivity index (χ1v) is 11.3. The van der Waals surface area contributed by atoms with Gasteiger partial charge in [-0.3, -0.25) is 14.7 Å². The first-order valence-electron chi connectivity index (χ1n) is 10.4. The number of carbonyl (C=O) groups is 1. The van der Waals surface area contributed by atoms with Crippen LogP contribution in [0.4, 0.5) is 5.13 Å². The number of nitrogens with zero attached hydrogens (tertiary/aromatic N) is 4. The van der Waals surface area contributed by atoms with Gasteiger partial charge in [0.15, 0.2) is 5.13 Å². The zero-order chi connectivity index (χ0) is 20.1. The number of anilines is 1. The number of piperidine rings is 2. The van der Waals surface area contributed by atoms with Gasteiger partial charge in [-0.1, -0.05) is 6.07 Å². The van der Waals surface area contributed by atoms with Crippen LogP contribution >= 0.6 is 11.3 Å². The van der Waals surface area contributed by atoms with Crippen molar-refractivity contribution in [3.63, 3.8) is 0 Å². The van der Waals surface area contributed by atoms with E-state index in [4.69, 9.17) is 0 Å². The Morgan fingerprint density at radius 3 is 2.86 bits per heavy atom. The Labute approximate surface area is 175 Å². The maximum atomic E-state index is 12.7. The van der Waals surface area contributed by atoms with Crippen molar-refractivity contribution < 1.29 is 9.90 Å². The fraction of sp³-hybridized carbons (Fsp3) is 0.571. The van der Waals surface area contributed by atoms with Crippen molar-refractivity contribution in [2.75, 3.05) is 31.1 Å². The maximum absolute atomic E-state index is 12.7. The van der Waals surface area contributed by atoms with E-state index < -0.39 is 0 Å². The van der Waals surface area contributed by atoms with Crippen LogP contribution in [0.15, 0.2) is 29.9 Å². The molecule has 1 amide bonds. The quantitative estimate of drug-likeness (QED) is 0.751. The molecule has 7 nitrogen and oxygen atoms in total. The number of pyridine rings is 1. The van der Waals surface area contributed by atoms with E-state index in [-0.39, 0.29) is 18.4 Å². The van der Waals surface area contributed by atoms with Crippen LogP contribution in [0.5, 0.6) is 0 Å². The van der Waals surface area contributed by atoms with E-state index in [9.17, 15) is 9.90 Å². The smallest absolute Gasteiger partial charge is 0.224 e. The lowest BCUT2D eigenvalue weighted by Crippen LogP contribution is -2.50. The molecule has 0 bridgehead atoms. The fourth-order valence-corrected chi connectivity index (χ4v) is 5.20. The van der Waals surface area contributed by atoms with Crippen LogP contribution in [0.1, 0.15) is 36.9 Å². The van der Waals surface area contributed by atoms with Gasteiger partial charge in [0.25, 0.3) is 0 Å². The lowest BCUT2D eigenvalue weighted by atomic mass is 9.93. The highest BCUT2D eigenvalue weighted by Gasteiger charge is 2.32. The van der Waals surface area contributed by atoms with Crippen molar-refractivity contribution in [3.8, 4) is 0 Å². The summed E-state index contributed by atoms with van der Waals surface area (Å²) >= 11 is 1.61. The van der Waals surface area contributed by atoms with Gasteiger partial charge in [0.1, 0.15) is 0 Å². The predicted octanol–water partition coefficient (Wildman–Crippen LogP) is 2.03. The molecule has 0 aromatic carbocycles. The number of thiazole rings is 1. The third-order valence-corrected chi connectivity index (χ3v) is 6.92. The summed E-state index contributed by atoms with van der Waals surface area (Å²) in [4.78, 5) is 26.1. The molecule has 4 heterocycles. The van der Waals surface area contributed by atoms with Gasteiger partial charge in [0.05, 0.1) is 18.2 Å². The zero-order valence-corrected chi connectivity index (χ0v) is 17.5. The second-order valence-electron chi connectivity index (χ2n) is 7.91. The van der Waals surface area contributed by atoms with Crippen LogP contribution in [-0.2, 0) is 17.9 Å². The summed E-state index contributed by atoms with van der Waals surface area (Å²) in [5.74, 6) is 0.236. The monoisotopic (exact) mass is 415 g/mol. The highest BCUT2D eigenvalue weighted by atomic mass is 32.1. The number of aromatic nitrogens is 2. The molecule has 8 heteroatoms. The Hall–Kier alpha value is -2.03. The van der Waals surface area contributed by atoms with E-state index in [1.165, 1.54) is 0 Å². The number of nitrogens with one attached hydrogen (secondary N) is 1. The Morgan fingerprint density at radius 2 is 2.14 bits per heavy atom. The molecule has 2 aromatic rings. The molecule has 0 unspecified atom stereocenters. The molecule has 0 radical (unpaired) electrons. The molecule has 2 aliphatic heterocycles. The van der Waals surface area contributed by atoms with Gasteiger partial charge in [-0.05, 0) is 43.9 Å². The molecule has 2 fully saturated rings. The van der Waals surface area contributed by atoms with Gasteiger partial charge in [0, 0.05) is 50.0 Å². The number of hydrogen-bond acceptors (Lipinski definition) is 7. The number of aliphatic hydroxyl groups is 1. The summed E-state index contributed by atoms with van der Waals surface area (Å²) in [5.41, 5.74) is 1.79. The van der Waals surface area contributed by atoms with E-state index in [0.717, 1.165) is 68.3 Å². The SMILES string of the molecule is O=C(NCc1cccnc1)[C@H]1CCCN(C2CCN(c3nc(CO)cs3)CC2)C1. The van der Waals surface area contributed by atoms with E-state index in [1.807, 2.05) is 17.5 Å². The van der Waals surface area contributed by atoms with Gasteiger partial charge in [-0.15, -0.1) is 11.3 Å². The number of hydrogen-bond donors (Lipinski definition) is 2. The van der Waals surface area contributed by atoms with Gasteiger partial charge < -0.3 is 15.3 Å². The Morgan fingerprint density at radius 1 is 1.28 bits per heavy atom. The molecule has 29 heavy (non-hydrogen) atoms. The average molecular weight is 416 g/mol. The standard InChI is InChI=1S/C21H29N5O2S/c27-14-18-15-29-21(24-18)25-9-5-19(6-10-25)26-8-2-4-17(13-26)20(28)23-12-16-3-1-7-22-11-16/h1,3,7,11,15,17,19,27H,2,4-6,8-10,12-14H2,(H,23,28)/t17-/m0/s1. The summed E-state index contributed by atoms with van der Waals surface area (Å²) in [7, 11) is 0. The van der Waals surface area contributed by atoms with Crippen LogP contribution in [-0.4, -0.2) is 58.1 Å². The van der Waals surface area contributed by atoms with Crippen LogP contribution in [0.25, 0.3) is 0 Å². The highest BCUT2D eigenvalue weighted by molar-refractivity contribution is 7.13. The molecule has 0 saturated carbocycles. The minimum absolute atomic E-state index is 0.00494. The number of likely N-dealkylation sites (tertiary alicyclic amines) is 1. The summed E-state index contributed by atoms with van der Waals surface area (Å²) in [5, 5.41) is 15.2. The minimum atomic E-state index is 0.00494. The van der Waals surface area contributed by atoms with Crippen LogP contribution in [0.2, 0.25) is 0 Å². The average Bonchev–Trinajstić information content (AvgIpc) is 3.28. The molecule has 0 spiro atoms. The first-order chi connectivity index (χ1) is 14.2. The predicted molar refractivity (Wildman–Crippen MR) is 114 cm³/mol. The largest absolute Gasteiger partial charge is 0.390 e. The molecule has 1 atom stereocenters. The fourth-order valence-electron chi connectivity index (χ4n) is 4.32. The van der Waals surface area contributed by atoms with E-state index in [0.29, 0.717) is 12.6 Å². The Bertz CT molecular complexity index is 791. The molecule has 2 N–H and O–H groups in total. The second-order valence-corrected chi connectivity index (χ2v) is 8.75. The number of rotatable bonds is 6. The molecular weight excluding hydrogens is 386 g/mol.